The van der Waals surface area contributed by atoms with E-state index in [9.17, 15) is 4.79 Å². The van der Waals surface area contributed by atoms with Crippen LogP contribution in [0.2, 0.25) is 0 Å². The van der Waals surface area contributed by atoms with E-state index in [1.807, 2.05) is 12.1 Å². The number of hydrogen-bond acceptors (Lipinski definition) is 5. The second kappa shape index (κ2) is 4.89. The highest BCUT2D eigenvalue weighted by Crippen LogP contribution is 2.27. The van der Waals surface area contributed by atoms with E-state index in [-0.39, 0.29) is 0 Å². The predicted molar refractivity (Wildman–Crippen MR) is 66.7 cm³/mol. The first-order valence-corrected chi connectivity index (χ1v) is 6.40. The average molecular weight is 266 g/mol. The van der Waals surface area contributed by atoms with Crippen molar-refractivity contribution >= 4 is 17.3 Å². The summed E-state index contributed by atoms with van der Waals surface area (Å²) >= 11 is 1.35. The Bertz CT molecular complexity index is 531. The van der Waals surface area contributed by atoms with Crippen LogP contribution in [-0.4, -0.2) is 21.3 Å². The molecule has 5 nitrogen and oxygen atoms in total. The lowest BCUT2D eigenvalue weighted by Crippen LogP contribution is -2.28. The fourth-order valence-corrected chi connectivity index (χ4v) is 2.32. The third-order valence-corrected chi connectivity index (χ3v) is 4.01. The Morgan fingerprint density at radius 2 is 2.22 bits per heavy atom. The minimum Gasteiger partial charge on any atom is -0.481 e. The van der Waals surface area contributed by atoms with Gasteiger partial charge in [-0.3, -0.25) is 4.79 Å². The van der Waals surface area contributed by atoms with E-state index in [1.165, 1.54) is 11.3 Å². The minimum atomic E-state index is -0.986. The Balaban J connectivity index is 2.04. The summed E-state index contributed by atoms with van der Waals surface area (Å²) in [4.78, 5) is 11.1. The Morgan fingerprint density at radius 3 is 2.83 bits per heavy atom. The van der Waals surface area contributed by atoms with Crippen molar-refractivity contribution in [2.75, 3.05) is 0 Å². The summed E-state index contributed by atoms with van der Waals surface area (Å²) in [6.45, 7) is 3.26. The van der Waals surface area contributed by atoms with Crippen LogP contribution < -0.4 is 0 Å². The maximum atomic E-state index is 11.1. The number of aliphatic carboxylic acids is 1. The summed E-state index contributed by atoms with van der Waals surface area (Å²) in [5, 5.41) is 18.5. The molecule has 0 amide bonds. The molecule has 2 aromatic heterocycles. The molecular formula is C12H14N2O3S. The minimum absolute atomic E-state index is 0.532. The summed E-state index contributed by atoms with van der Waals surface area (Å²) < 4.78 is 5.23. The molecule has 0 atom stereocenters. The Kier molecular flexibility index (Phi) is 3.47. The molecule has 18 heavy (non-hydrogen) atoms. The van der Waals surface area contributed by atoms with Gasteiger partial charge in [-0.1, -0.05) is 0 Å². The van der Waals surface area contributed by atoms with E-state index >= 15 is 0 Å². The van der Waals surface area contributed by atoms with Crippen LogP contribution in [-0.2, 0) is 23.1 Å². The summed E-state index contributed by atoms with van der Waals surface area (Å²) in [6.07, 6.45) is 3.09. The molecule has 96 valence electrons. The lowest BCUT2D eigenvalue weighted by atomic mass is 9.95. The molecule has 0 aliphatic heterocycles. The second-order valence-corrected chi connectivity index (χ2v) is 5.57. The van der Waals surface area contributed by atoms with E-state index in [1.54, 1.807) is 20.1 Å². The molecule has 0 bridgehead atoms. The van der Waals surface area contributed by atoms with Crippen molar-refractivity contribution < 1.29 is 14.3 Å². The maximum Gasteiger partial charge on any atom is 0.316 e. The van der Waals surface area contributed by atoms with Crippen molar-refractivity contribution in [3.63, 3.8) is 0 Å². The molecular weight excluding hydrogens is 252 g/mol. The third kappa shape index (κ3) is 2.59. The molecule has 0 aliphatic carbocycles. The fraction of sp³-hybridized carbons (Fsp3) is 0.417. The average Bonchev–Trinajstić information content (AvgIpc) is 2.97. The smallest absolute Gasteiger partial charge is 0.316 e. The summed E-state index contributed by atoms with van der Waals surface area (Å²) in [6, 6.07) is 3.75. The lowest BCUT2D eigenvalue weighted by molar-refractivity contribution is -0.142. The van der Waals surface area contributed by atoms with Gasteiger partial charge in [-0.25, -0.2) is 0 Å². The highest BCUT2D eigenvalue weighted by molar-refractivity contribution is 7.11. The highest BCUT2D eigenvalue weighted by Gasteiger charge is 2.33. The second-order valence-electron chi connectivity index (χ2n) is 4.51. The van der Waals surface area contributed by atoms with Gasteiger partial charge < -0.3 is 9.52 Å². The number of aryl methyl sites for hydroxylation is 2. The van der Waals surface area contributed by atoms with Gasteiger partial charge in [0.15, 0.2) is 0 Å². The molecule has 2 aromatic rings. The molecule has 0 unspecified atom stereocenters. The standard InChI is InChI=1S/C12H14N2O3S/c1-12(2,11(15)16)10-14-13-9(18-10)6-5-8-4-3-7-17-8/h3-4,7H,5-6H2,1-2H3,(H,15,16). The van der Waals surface area contributed by atoms with Gasteiger partial charge in [0.25, 0.3) is 0 Å². The lowest BCUT2D eigenvalue weighted by Gasteiger charge is -2.13. The van der Waals surface area contributed by atoms with Gasteiger partial charge in [-0.2, -0.15) is 0 Å². The summed E-state index contributed by atoms with van der Waals surface area (Å²) in [5.41, 5.74) is -0.986. The summed E-state index contributed by atoms with van der Waals surface area (Å²) in [5.74, 6) is 0.000444. The van der Waals surface area contributed by atoms with Crippen LogP contribution >= 0.6 is 11.3 Å². The zero-order chi connectivity index (χ0) is 13.2. The fourth-order valence-electron chi connectivity index (χ4n) is 1.38. The molecule has 0 aliphatic rings. The van der Waals surface area contributed by atoms with Crippen LogP contribution in [0.15, 0.2) is 22.8 Å². The van der Waals surface area contributed by atoms with Crippen molar-refractivity contribution in [3.05, 3.63) is 34.2 Å². The number of nitrogens with zero attached hydrogens (tertiary/aromatic N) is 2. The van der Waals surface area contributed by atoms with Gasteiger partial charge >= 0.3 is 5.97 Å². The zero-order valence-electron chi connectivity index (χ0n) is 10.2. The van der Waals surface area contributed by atoms with Crippen LogP contribution in [0.25, 0.3) is 0 Å². The van der Waals surface area contributed by atoms with Crippen molar-refractivity contribution in [1.82, 2.24) is 10.2 Å². The van der Waals surface area contributed by atoms with E-state index < -0.39 is 11.4 Å². The van der Waals surface area contributed by atoms with Crippen LogP contribution in [0.1, 0.15) is 29.6 Å². The van der Waals surface area contributed by atoms with Gasteiger partial charge in [0.1, 0.15) is 21.2 Å². The van der Waals surface area contributed by atoms with E-state index in [0.717, 1.165) is 17.2 Å². The van der Waals surface area contributed by atoms with Crippen molar-refractivity contribution in [3.8, 4) is 0 Å². The zero-order valence-corrected chi connectivity index (χ0v) is 11.0. The van der Waals surface area contributed by atoms with E-state index in [2.05, 4.69) is 10.2 Å². The predicted octanol–water partition coefficient (Wildman–Crippen LogP) is 2.28. The molecule has 2 rings (SSSR count). The van der Waals surface area contributed by atoms with Gasteiger partial charge in [0, 0.05) is 12.8 Å². The van der Waals surface area contributed by atoms with Crippen molar-refractivity contribution in [1.29, 1.82) is 0 Å². The van der Waals surface area contributed by atoms with Crippen LogP contribution in [0.4, 0.5) is 0 Å². The SMILES string of the molecule is CC(C)(C(=O)O)c1nnc(CCc2ccco2)s1. The van der Waals surface area contributed by atoms with Crippen LogP contribution in [0.3, 0.4) is 0 Å². The number of hydrogen-bond donors (Lipinski definition) is 1. The van der Waals surface area contributed by atoms with Crippen molar-refractivity contribution in [2.45, 2.75) is 32.1 Å². The number of furan rings is 1. The van der Waals surface area contributed by atoms with Crippen molar-refractivity contribution in [2.24, 2.45) is 0 Å². The quantitative estimate of drug-likeness (QED) is 0.898. The van der Waals surface area contributed by atoms with E-state index in [4.69, 9.17) is 9.52 Å². The first-order valence-electron chi connectivity index (χ1n) is 5.59. The van der Waals surface area contributed by atoms with E-state index in [0.29, 0.717) is 11.4 Å². The molecule has 0 aromatic carbocycles. The monoisotopic (exact) mass is 266 g/mol. The Hall–Kier alpha value is -1.69. The van der Waals surface area contributed by atoms with Crippen LogP contribution in [0.5, 0.6) is 0 Å². The normalized spacial score (nSPS) is 11.7. The largest absolute Gasteiger partial charge is 0.481 e. The molecule has 0 saturated heterocycles. The van der Waals surface area contributed by atoms with Gasteiger partial charge in [-0.05, 0) is 26.0 Å². The topological polar surface area (TPSA) is 76.2 Å². The molecule has 1 N–H and O–H groups in total. The van der Waals surface area contributed by atoms with Gasteiger partial charge in [0.2, 0.25) is 0 Å². The van der Waals surface area contributed by atoms with Gasteiger partial charge in [0.05, 0.1) is 6.26 Å². The Labute approximate surface area is 108 Å². The Morgan fingerprint density at radius 1 is 1.44 bits per heavy atom. The molecule has 0 saturated carbocycles. The molecule has 6 heteroatoms. The maximum absolute atomic E-state index is 11.1. The number of rotatable bonds is 5. The highest BCUT2D eigenvalue weighted by atomic mass is 32.1. The molecule has 0 fully saturated rings. The molecule has 2 heterocycles. The number of carbonyl (C=O) groups is 1. The number of aromatic nitrogens is 2. The van der Waals surface area contributed by atoms with Crippen LogP contribution in [0, 0.1) is 0 Å². The number of carboxylic acids is 1. The first-order chi connectivity index (χ1) is 8.50. The molecule has 0 radical (unpaired) electrons. The first kappa shape index (κ1) is 12.8. The third-order valence-electron chi connectivity index (χ3n) is 2.70. The summed E-state index contributed by atoms with van der Waals surface area (Å²) in [7, 11) is 0. The molecule has 0 spiro atoms. The number of carboxylic acid groups (broad SMARTS) is 1. The van der Waals surface area contributed by atoms with Gasteiger partial charge in [-0.15, -0.1) is 21.5 Å².